The molecule has 3 rings (SSSR count). The standard InChI is InChI=1S/C18H17FN4OS/c1-11-15(12(2)24)8-7-14(21-11)10-20-18-23-22-17(25-18)9-13-5-3-4-6-16(13)19/h3-8H,9-10H2,1-2H3,(H,20,23). The van der Waals surface area contributed by atoms with Crippen LogP contribution in [0.25, 0.3) is 0 Å². The Morgan fingerprint density at radius 3 is 2.72 bits per heavy atom. The second kappa shape index (κ2) is 7.48. The van der Waals surface area contributed by atoms with Crippen LogP contribution in [0.1, 0.15) is 39.2 Å². The maximum atomic E-state index is 13.7. The predicted octanol–water partition coefficient (Wildman–Crippen LogP) is 3.79. The third-order valence-corrected chi connectivity index (χ3v) is 4.59. The lowest BCUT2D eigenvalue weighted by Crippen LogP contribution is -2.05. The van der Waals surface area contributed by atoms with E-state index in [9.17, 15) is 9.18 Å². The lowest BCUT2D eigenvalue weighted by molar-refractivity contribution is 0.101. The van der Waals surface area contributed by atoms with E-state index < -0.39 is 0 Å². The van der Waals surface area contributed by atoms with Crippen LogP contribution >= 0.6 is 11.3 Å². The molecule has 128 valence electrons. The van der Waals surface area contributed by atoms with Gasteiger partial charge in [0.2, 0.25) is 5.13 Å². The molecule has 0 radical (unpaired) electrons. The first-order valence-corrected chi connectivity index (χ1v) is 8.61. The number of ketones is 1. The Hall–Kier alpha value is -2.67. The number of rotatable bonds is 6. The van der Waals surface area contributed by atoms with E-state index in [-0.39, 0.29) is 11.6 Å². The van der Waals surface area contributed by atoms with Crippen LogP contribution in [0.4, 0.5) is 9.52 Å². The van der Waals surface area contributed by atoms with Crippen molar-refractivity contribution in [3.8, 4) is 0 Å². The topological polar surface area (TPSA) is 67.8 Å². The van der Waals surface area contributed by atoms with Crippen LogP contribution in [0.5, 0.6) is 0 Å². The van der Waals surface area contributed by atoms with E-state index in [0.717, 1.165) is 10.7 Å². The van der Waals surface area contributed by atoms with Crippen LogP contribution < -0.4 is 5.32 Å². The van der Waals surface area contributed by atoms with Gasteiger partial charge in [0.25, 0.3) is 0 Å². The van der Waals surface area contributed by atoms with Gasteiger partial charge in [-0.15, -0.1) is 10.2 Å². The van der Waals surface area contributed by atoms with Gasteiger partial charge in [-0.1, -0.05) is 29.5 Å². The van der Waals surface area contributed by atoms with Crippen LogP contribution in [0.2, 0.25) is 0 Å². The molecular weight excluding hydrogens is 339 g/mol. The lowest BCUT2D eigenvalue weighted by atomic mass is 10.1. The predicted molar refractivity (Wildman–Crippen MR) is 95.4 cm³/mol. The number of carbonyl (C=O) groups is 1. The van der Waals surface area contributed by atoms with Gasteiger partial charge in [0.15, 0.2) is 5.78 Å². The van der Waals surface area contributed by atoms with Crippen LogP contribution in [-0.2, 0) is 13.0 Å². The number of benzene rings is 1. The highest BCUT2D eigenvalue weighted by molar-refractivity contribution is 7.15. The minimum atomic E-state index is -0.238. The molecule has 5 nitrogen and oxygen atoms in total. The molecular formula is C18H17FN4OS. The van der Waals surface area contributed by atoms with E-state index in [1.54, 1.807) is 24.3 Å². The Kier molecular flexibility index (Phi) is 5.14. The maximum Gasteiger partial charge on any atom is 0.206 e. The monoisotopic (exact) mass is 356 g/mol. The third-order valence-electron chi connectivity index (χ3n) is 3.71. The molecule has 0 bridgehead atoms. The zero-order chi connectivity index (χ0) is 17.8. The number of nitrogens with zero attached hydrogens (tertiary/aromatic N) is 3. The van der Waals surface area contributed by atoms with Crippen molar-refractivity contribution in [2.24, 2.45) is 0 Å². The van der Waals surface area contributed by atoms with Crippen LogP contribution in [-0.4, -0.2) is 21.0 Å². The molecule has 7 heteroatoms. The second-order valence-corrected chi connectivity index (χ2v) is 6.68. The van der Waals surface area contributed by atoms with Crippen molar-refractivity contribution in [1.82, 2.24) is 15.2 Å². The maximum absolute atomic E-state index is 13.7. The fraction of sp³-hybridized carbons (Fsp3) is 0.222. The summed E-state index contributed by atoms with van der Waals surface area (Å²) >= 11 is 1.39. The van der Waals surface area contributed by atoms with E-state index in [1.807, 2.05) is 13.0 Å². The van der Waals surface area contributed by atoms with Gasteiger partial charge in [-0.25, -0.2) is 4.39 Å². The van der Waals surface area contributed by atoms with E-state index >= 15 is 0 Å². The normalized spacial score (nSPS) is 10.7. The Bertz CT molecular complexity index is 910. The van der Waals surface area contributed by atoms with Gasteiger partial charge in [0.05, 0.1) is 12.2 Å². The van der Waals surface area contributed by atoms with Crippen LogP contribution in [0, 0.1) is 12.7 Å². The van der Waals surface area contributed by atoms with E-state index in [1.165, 1.54) is 24.3 Å². The number of anilines is 1. The quantitative estimate of drug-likeness (QED) is 0.681. The van der Waals surface area contributed by atoms with Crippen molar-refractivity contribution in [3.63, 3.8) is 0 Å². The molecule has 25 heavy (non-hydrogen) atoms. The number of Topliss-reactive ketones (excluding diaryl/α,β-unsaturated/α-hetero) is 1. The molecule has 3 aromatic rings. The molecule has 0 spiro atoms. The Labute approximate surface area is 149 Å². The summed E-state index contributed by atoms with van der Waals surface area (Å²) in [5, 5.41) is 12.7. The highest BCUT2D eigenvalue weighted by Gasteiger charge is 2.09. The van der Waals surface area contributed by atoms with Gasteiger partial charge in [0.1, 0.15) is 10.8 Å². The van der Waals surface area contributed by atoms with Gasteiger partial charge in [-0.05, 0) is 37.6 Å². The van der Waals surface area contributed by atoms with Gasteiger partial charge in [-0.2, -0.15) is 0 Å². The number of halogens is 1. The molecule has 1 N–H and O–H groups in total. The van der Waals surface area contributed by atoms with Crippen molar-refractivity contribution < 1.29 is 9.18 Å². The third kappa shape index (κ3) is 4.24. The number of carbonyl (C=O) groups excluding carboxylic acids is 1. The first kappa shape index (κ1) is 17.2. The smallest absolute Gasteiger partial charge is 0.206 e. The summed E-state index contributed by atoms with van der Waals surface area (Å²) in [7, 11) is 0. The largest absolute Gasteiger partial charge is 0.354 e. The Morgan fingerprint density at radius 2 is 2.00 bits per heavy atom. The van der Waals surface area contributed by atoms with Crippen molar-refractivity contribution in [3.05, 3.63) is 69.7 Å². The molecule has 1 aromatic carbocycles. The van der Waals surface area contributed by atoms with Crippen molar-refractivity contribution >= 4 is 22.3 Å². The molecule has 2 heterocycles. The molecule has 0 saturated heterocycles. The number of aromatic nitrogens is 3. The van der Waals surface area contributed by atoms with Gasteiger partial charge < -0.3 is 5.32 Å². The molecule has 0 fully saturated rings. The average molecular weight is 356 g/mol. The first-order chi connectivity index (χ1) is 12.0. The number of hydrogen-bond donors (Lipinski definition) is 1. The van der Waals surface area contributed by atoms with Crippen LogP contribution in [0.3, 0.4) is 0 Å². The minimum Gasteiger partial charge on any atom is -0.354 e. The number of pyridine rings is 1. The molecule has 2 aromatic heterocycles. The highest BCUT2D eigenvalue weighted by atomic mass is 32.1. The average Bonchev–Trinajstić information content (AvgIpc) is 3.02. The van der Waals surface area contributed by atoms with Gasteiger partial charge in [0, 0.05) is 17.7 Å². The fourth-order valence-corrected chi connectivity index (χ4v) is 3.21. The number of nitrogens with one attached hydrogen (secondary N) is 1. The molecule has 0 amide bonds. The zero-order valence-electron chi connectivity index (χ0n) is 13.9. The summed E-state index contributed by atoms with van der Waals surface area (Å²) in [6.45, 7) is 3.82. The summed E-state index contributed by atoms with van der Waals surface area (Å²) in [5.74, 6) is -0.233. The van der Waals surface area contributed by atoms with Crippen molar-refractivity contribution in [1.29, 1.82) is 0 Å². The molecule has 0 saturated carbocycles. The van der Waals surface area contributed by atoms with E-state index in [0.29, 0.717) is 34.9 Å². The van der Waals surface area contributed by atoms with E-state index in [4.69, 9.17) is 0 Å². The molecule has 0 atom stereocenters. The summed E-state index contributed by atoms with van der Waals surface area (Å²) in [6.07, 6.45) is 0.413. The number of aryl methyl sites for hydroxylation is 1. The first-order valence-electron chi connectivity index (χ1n) is 7.80. The van der Waals surface area contributed by atoms with Crippen molar-refractivity contribution in [2.75, 3.05) is 5.32 Å². The van der Waals surface area contributed by atoms with Crippen molar-refractivity contribution in [2.45, 2.75) is 26.8 Å². The summed E-state index contributed by atoms with van der Waals surface area (Å²) in [5.41, 5.74) is 2.76. The highest BCUT2D eigenvalue weighted by Crippen LogP contribution is 2.20. The minimum absolute atomic E-state index is 0.00594. The Balaban J connectivity index is 1.63. The lowest BCUT2D eigenvalue weighted by Gasteiger charge is -2.05. The molecule has 0 aliphatic rings. The SMILES string of the molecule is CC(=O)c1ccc(CNc2nnc(Cc3ccccc3F)s2)nc1C. The second-order valence-electron chi connectivity index (χ2n) is 5.61. The molecule has 0 unspecified atom stereocenters. The Morgan fingerprint density at radius 1 is 1.20 bits per heavy atom. The van der Waals surface area contributed by atoms with E-state index in [2.05, 4.69) is 20.5 Å². The number of hydrogen-bond acceptors (Lipinski definition) is 6. The van der Waals surface area contributed by atoms with Crippen LogP contribution in [0.15, 0.2) is 36.4 Å². The van der Waals surface area contributed by atoms with Gasteiger partial charge in [-0.3, -0.25) is 9.78 Å². The fourth-order valence-electron chi connectivity index (χ4n) is 2.45. The summed E-state index contributed by atoms with van der Waals surface area (Å²) < 4.78 is 13.7. The van der Waals surface area contributed by atoms with Gasteiger partial charge >= 0.3 is 0 Å². The zero-order valence-corrected chi connectivity index (χ0v) is 14.7. The summed E-state index contributed by atoms with van der Waals surface area (Å²) in [4.78, 5) is 15.9. The molecule has 0 aliphatic heterocycles. The molecule has 0 aliphatic carbocycles. The summed E-state index contributed by atoms with van der Waals surface area (Å²) in [6, 6.07) is 10.3.